The molecule has 9 nitrogen and oxygen atoms in total. The number of aromatic nitrogens is 1. The van der Waals surface area contributed by atoms with Gasteiger partial charge in [-0.2, -0.15) is 0 Å². The average molecular weight is 470 g/mol. The fourth-order valence-electron chi connectivity index (χ4n) is 2.57. The maximum Gasteiger partial charge on any atom is 0.257 e. The van der Waals surface area contributed by atoms with E-state index in [0.29, 0.717) is 10.2 Å². The van der Waals surface area contributed by atoms with Crippen molar-refractivity contribution in [1.29, 1.82) is 0 Å². The largest absolute Gasteiger partial charge is 0.495 e. The van der Waals surface area contributed by atoms with Gasteiger partial charge in [-0.3, -0.25) is 10.1 Å². The molecule has 1 amide bonds. The van der Waals surface area contributed by atoms with Crippen molar-refractivity contribution in [2.24, 2.45) is 0 Å². The maximum absolute atomic E-state index is 12.7. The number of hydrogen-bond acceptors (Lipinski definition) is 8. The molecule has 0 aliphatic heterocycles. The highest BCUT2D eigenvalue weighted by Crippen LogP contribution is 2.30. The molecular weight excluding hydrogens is 450 g/mol. The number of ether oxygens (including phenoxy) is 1. The molecule has 3 rings (SSSR count). The number of amides is 1. The van der Waals surface area contributed by atoms with Gasteiger partial charge in [-0.25, -0.2) is 26.1 Å². The molecule has 0 aliphatic rings. The van der Waals surface area contributed by atoms with Crippen LogP contribution in [0.15, 0.2) is 46.2 Å². The molecule has 0 bridgehead atoms. The number of nitrogens with one attached hydrogen (secondary N) is 1. The predicted molar refractivity (Wildman–Crippen MR) is 115 cm³/mol. The molecule has 0 saturated heterocycles. The zero-order valence-corrected chi connectivity index (χ0v) is 19.0. The van der Waals surface area contributed by atoms with Crippen LogP contribution in [0.25, 0.3) is 10.2 Å². The second-order valence-electron chi connectivity index (χ2n) is 6.53. The Balaban J connectivity index is 1.94. The van der Waals surface area contributed by atoms with Gasteiger partial charge in [0.25, 0.3) is 5.91 Å². The molecule has 1 aromatic heterocycles. The molecule has 0 unspecified atom stereocenters. The summed E-state index contributed by atoms with van der Waals surface area (Å²) in [5, 5.41) is 2.88. The Morgan fingerprint density at radius 2 is 1.80 bits per heavy atom. The number of fused-ring (bicyclic) bond motifs is 1. The van der Waals surface area contributed by atoms with Crippen LogP contribution in [0.5, 0.6) is 5.75 Å². The number of sulfonamides is 1. The molecule has 0 atom stereocenters. The Morgan fingerprint density at radius 3 is 2.40 bits per heavy atom. The fraction of sp³-hybridized carbons (Fsp3) is 0.222. The Labute approximate surface area is 178 Å². The first-order chi connectivity index (χ1) is 13.9. The average Bonchev–Trinajstić information content (AvgIpc) is 3.07. The van der Waals surface area contributed by atoms with Crippen LogP contribution in [0.3, 0.4) is 0 Å². The van der Waals surface area contributed by atoms with Gasteiger partial charge in [0.1, 0.15) is 10.6 Å². The standard InChI is InChI=1S/C18H19N3O6S3/c1-21(2)30(25,26)16-9-11(5-8-14(16)27-3)17(22)20-18-19-13-7-6-12(29(4,23)24)10-15(13)28-18/h5-10H,1-4H3,(H,19,20,22). The highest BCUT2D eigenvalue weighted by atomic mass is 32.2. The van der Waals surface area contributed by atoms with Gasteiger partial charge in [0.05, 0.1) is 22.2 Å². The molecule has 0 saturated carbocycles. The van der Waals surface area contributed by atoms with E-state index in [1.165, 1.54) is 51.5 Å². The second kappa shape index (κ2) is 7.95. The van der Waals surface area contributed by atoms with Crippen LogP contribution >= 0.6 is 11.3 Å². The van der Waals surface area contributed by atoms with E-state index in [4.69, 9.17) is 4.74 Å². The number of rotatable bonds is 6. The van der Waals surface area contributed by atoms with Gasteiger partial charge in [-0.05, 0) is 36.4 Å². The van der Waals surface area contributed by atoms with E-state index in [0.717, 1.165) is 21.9 Å². The number of methoxy groups -OCH3 is 1. The Kier molecular flexibility index (Phi) is 5.87. The minimum atomic E-state index is -3.83. The second-order valence-corrected chi connectivity index (χ2v) is 11.7. The third-order valence-electron chi connectivity index (χ3n) is 4.19. The molecule has 30 heavy (non-hydrogen) atoms. The van der Waals surface area contributed by atoms with Gasteiger partial charge in [-0.15, -0.1) is 0 Å². The van der Waals surface area contributed by atoms with Gasteiger partial charge in [0.15, 0.2) is 15.0 Å². The minimum absolute atomic E-state index is 0.104. The van der Waals surface area contributed by atoms with Gasteiger partial charge in [-0.1, -0.05) is 11.3 Å². The monoisotopic (exact) mass is 469 g/mol. The fourth-order valence-corrected chi connectivity index (χ4v) is 5.27. The Morgan fingerprint density at radius 1 is 1.10 bits per heavy atom. The maximum atomic E-state index is 12.7. The Bertz CT molecular complexity index is 1340. The lowest BCUT2D eigenvalue weighted by Gasteiger charge is -2.15. The molecule has 1 heterocycles. The third-order valence-corrected chi connectivity index (χ3v) is 8.07. The first kappa shape index (κ1) is 22.2. The number of hydrogen-bond donors (Lipinski definition) is 1. The summed E-state index contributed by atoms with van der Waals surface area (Å²) < 4.78 is 55.2. The van der Waals surface area contributed by atoms with Gasteiger partial charge >= 0.3 is 0 Å². The lowest BCUT2D eigenvalue weighted by molar-refractivity contribution is 0.102. The minimum Gasteiger partial charge on any atom is -0.495 e. The normalized spacial score (nSPS) is 12.3. The lowest BCUT2D eigenvalue weighted by Crippen LogP contribution is -2.23. The van der Waals surface area contributed by atoms with Crippen molar-refractivity contribution < 1.29 is 26.4 Å². The molecule has 0 fully saturated rings. The molecule has 1 N–H and O–H groups in total. The first-order valence-electron chi connectivity index (χ1n) is 8.46. The zero-order valence-electron chi connectivity index (χ0n) is 16.5. The van der Waals surface area contributed by atoms with Crippen LogP contribution < -0.4 is 10.1 Å². The molecule has 3 aromatic rings. The SMILES string of the molecule is COc1ccc(C(=O)Nc2nc3ccc(S(C)(=O)=O)cc3s2)cc1S(=O)(=O)N(C)C. The number of benzene rings is 2. The molecule has 160 valence electrons. The van der Waals surface area contributed by atoms with E-state index in [1.807, 2.05) is 0 Å². The first-order valence-corrected chi connectivity index (χ1v) is 12.6. The number of carbonyl (C=O) groups excluding carboxylic acids is 1. The third kappa shape index (κ3) is 4.31. The van der Waals surface area contributed by atoms with Gasteiger partial charge in [0, 0.05) is 25.9 Å². The molecule has 0 radical (unpaired) electrons. The van der Waals surface area contributed by atoms with Crippen molar-refractivity contribution >= 4 is 52.5 Å². The van der Waals surface area contributed by atoms with Crippen molar-refractivity contribution in [3.63, 3.8) is 0 Å². The number of sulfone groups is 1. The van der Waals surface area contributed by atoms with Crippen molar-refractivity contribution in [2.45, 2.75) is 9.79 Å². The molecule has 0 spiro atoms. The summed E-state index contributed by atoms with van der Waals surface area (Å²) in [6.07, 6.45) is 1.11. The number of anilines is 1. The number of thiazole rings is 1. The zero-order chi connectivity index (χ0) is 22.3. The van der Waals surface area contributed by atoms with E-state index in [9.17, 15) is 21.6 Å². The van der Waals surface area contributed by atoms with Gasteiger partial charge in [0.2, 0.25) is 10.0 Å². The van der Waals surface area contributed by atoms with Crippen molar-refractivity contribution in [3.8, 4) is 5.75 Å². The highest BCUT2D eigenvalue weighted by Gasteiger charge is 2.24. The molecule has 12 heteroatoms. The van der Waals surface area contributed by atoms with Gasteiger partial charge < -0.3 is 4.74 Å². The topological polar surface area (TPSA) is 123 Å². The van der Waals surface area contributed by atoms with Crippen LogP contribution in [-0.4, -0.2) is 59.5 Å². The van der Waals surface area contributed by atoms with Crippen LogP contribution in [0.2, 0.25) is 0 Å². The molecule has 2 aromatic carbocycles. The van der Waals surface area contributed by atoms with Crippen molar-refractivity contribution in [2.75, 3.05) is 32.8 Å². The predicted octanol–water partition coefficient (Wildman–Crippen LogP) is 2.21. The Hall–Kier alpha value is -2.54. The summed E-state index contributed by atoms with van der Waals surface area (Å²) in [5.74, 6) is -0.441. The molecule has 0 aliphatic carbocycles. The summed E-state index contributed by atoms with van der Waals surface area (Å²) in [5.41, 5.74) is 0.639. The van der Waals surface area contributed by atoms with Crippen LogP contribution in [0, 0.1) is 0 Å². The van der Waals surface area contributed by atoms with E-state index < -0.39 is 25.8 Å². The van der Waals surface area contributed by atoms with E-state index in [1.54, 1.807) is 6.07 Å². The lowest BCUT2D eigenvalue weighted by atomic mass is 10.2. The van der Waals surface area contributed by atoms with Crippen LogP contribution in [-0.2, 0) is 19.9 Å². The van der Waals surface area contributed by atoms with Crippen LogP contribution in [0.1, 0.15) is 10.4 Å². The van der Waals surface area contributed by atoms with Crippen LogP contribution in [0.4, 0.5) is 5.13 Å². The number of carbonyl (C=O) groups is 1. The van der Waals surface area contributed by atoms with Crippen molar-refractivity contribution in [1.82, 2.24) is 9.29 Å². The molecular formula is C18H19N3O6S3. The summed E-state index contributed by atoms with van der Waals surface area (Å²) >= 11 is 1.11. The summed E-state index contributed by atoms with van der Waals surface area (Å²) in [7, 11) is -3.09. The van der Waals surface area contributed by atoms with E-state index in [2.05, 4.69) is 10.3 Å². The smallest absolute Gasteiger partial charge is 0.257 e. The highest BCUT2D eigenvalue weighted by molar-refractivity contribution is 7.90. The summed E-state index contributed by atoms with van der Waals surface area (Å²) in [6.45, 7) is 0. The van der Waals surface area contributed by atoms with Crippen molar-refractivity contribution in [3.05, 3.63) is 42.0 Å². The van der Waals surface area contributed by atoms with E-state index >= 15 is 0 Å². The number of nitrogens with zero attached hydrogens (tertiary/aromatic N) is 2. The summed E-state index contributed by atoms with van der Waals surface area (Å²) in [6, 6.07) is 8.59. The van der Waals surface area contributed by atoms with E-state index in [-0.39, 0.29) is 26.2 Å². The summed E-state index contributed by atoms with van der Waals surface area (Å²) in [4.78, 5) is 17.0. The quantitative estimate of drug-likeness (QED) is 0.587.